The molecule has 2 aromatic heterocycles. The van der Waals surface area contributed by atoms with E-state index in [1.165, 1.54) is 12.8 Å². The molecule has 0 radical (unpaired) electrons. The van der Waals surface area contributed by atoms with E-state index < -0.39 is 0 Å². The van der Waals surface area contributed by atoms with E-state index in [1.54, 1.807) is 16.9 Å². The second kappa shape index (κ2) is 7.65. The first-order valence-electron chi connectivity index (χ1n) is 9.28. The van der Waals surface area contributed by atoms with Crippen LogP contribution in [-0.4, -0.2) is 25.5 Å². The third kappa shape index (κ3) is 4.02. The standard InChI is InChI=1S/C20H23N5O2/c1-15-13-19(25(22-15)16-7-5-6-8-16)21-20(26)18-11-12-24(23-18)14-27-17-9-3-2-4-10-17/h2-4,9-13,16H,5-8,14H2,1H3,(H,21,26). The van der Waals surface area contributed by atoms with E-state index in [4.69, 9.17) is 4.74 Å². The average Bonchev–Trinajstić information content (AvgIpc) is 3.42. The molecule has 1 saturated carbocycles. The van der Waals surface area contributed by atoms with Crippen molar-refractivity contribution < 1.29 is 9.53 Å². The van der Waals surface area contributed by atoms with Crippen LogP contribution in [0.1, 0.15) is 47.9 Å². The third-order valence-electron chi connectivity index (χ3n) is 4.75. The van der Waals surface area contributed by atoms with Crippen molar-refractivity contribution in [3.05, 3.63) is 60.0 Å². The van der Waals surface area contributed by atoms with Gasteiger partial charge in [0, 0.05) is 12.3 Å². The number of carbonyl (C=O) groups excluding carboxylic acids is 1. The second-order valence-electron chi connectivity index (χ2n) is 6.83. The number of para-hydroxylation sites is 1. The molecule has 0 unspecified atom stereocenters. The van der Waals surface area contributed by atoms with Crippen LogP contribution in [0.5, 0.6) is 5.75 Å². The van der Waals surface area contributed by atoms with Gasteiger partial charge in [0.05, 0.1) is 11.7 Å². The maximum Gasteiger partial charge on any atom is 0.277 e. The largest absolute Gasteiger partial charge is 0.471 e. The normalized spacial score (nSPS) is 14.4. The van der Waals surface area contributed by atoms with Gasteiger partial charge in [-0.05, 0) is 38.0 Å². The summed E-state index contributed by atoms with van der Waals surface area (Å²) >= 11 is 0. The molecule has 0 spiro atoms. The average molecular weight is 365 g/mol. The van der Waals surface area contributed by atoms with Crippen molar-refractivity contribution in [2.45, 2.75) is 45.4 Å². The lowest BCUT2D eigenvalue weighted by atomic mass is 10.2. The van der Waals surface area contributed by atoms with Gasteiger partial charge < -0.3 is 10.1 Å². The first-order valence-corrected chi connectivity index (χ1v) is 9.28. The summed E-state index contributed by atoms with van der Waals surface area (Å²) in [7, 11) is 0. The van der Waals surface area contributed by atoms with Crippen molar-refractivity contribution in [3.63, 3.8) is 0 Å². The van der Waals surface area contributed by atoms with E-state index >= 15 is 0 Å². The Balaban J connectivity index is 1.41. The Morgan fingerprint density at radius 2 is 1.96 bits per heavy atom. The number of amides is 1. The van der Waals surface area contributed by atoms with Crippen molar-refractivity contribution in [2.75, 3.05) is 5.32 Å². The number of nitrogens with zero attached hydrogens (tertiary/aromatic N) is 4. The first-order chi connectivity index (χ1) is 13.2. The molecule has 1 aliphatic rings. The van der Waals surface area contributed by atoms with Crippen LogP contribution in [0.25, 0.3) is 0 Å². The zero-order chi connectivity index (χ0) is 18.6. The Labute approximate surface area is 157 Å². The molecule has 140 valence electrons. The smallest absolute Gasteiger partial charge is 0.277 e. The van der Waals surface area contributed by atoms with E-state index in [0.29, 0.717) is 11.7 Å². The lowest BCUT2D eigenvalue weighted by molar-refractivity contribution is 0.101. The van der Waals surface area contributed by atoms with Crippen molar-refractivity contribution in [1.82, 2.24) is 19.6 Å². The molecule has 0 aliphatic heterocycles. The van der Waals surface area contributed by atoms with Crippen LogP contribution in [0, 0.1) is 6.92 Å². The zero-order valence-corrected chi connectivity index (χ0v) is 15.3. The van der Waals surface area contributed by atoms with Crippen LogP contribution in [0.2, 0.25) is 0 Å². The molecule has 0 atom stereocenters. The molecule has 1 aromatic carbocycles. The highest BCUT2D eigenvalue weighted by atomic mass is 16.5. The Morgan fingerprint density at radius 3 is 2.74 bits per heavy atom. The molecule has 0 bridgehead atoms. The predicted octanol–water partition coefficient (Wildman–Crippen LogP) is 3.79. The van der Waals surface area contributed by atoms with Gasteiger partial charge in [-0.2, -0.15) is 10.2 Å². The SMILES string of the molecule is Cc1cc(NC(=O)c2ccn(COc3ccccc3)n2)n(C2CCCC2)n1. The third-order valence-corrected chi connectivity index (χ3v) is 4.75. The zero-order valence-electron chi connectivity index (χ0n) is 15.3. The number of ether oxygens (including phenoxy) is 1. The van der Waals surface area contributed by atoms with Crippen LogP contribution in [0.15, 0.2) is 48.7 Å². The van der Waals surface area contributed by atoms with E-state index in [9.17, 15) is 4.79 Å². The van der Waals surface area contributed by atoms with E-state index in [1.807, 2.05) is 48.0 Å². The van der Waals surface area contributed by atoms with Gasteiger partial charge in [-0.25, -0.2) is 9.36 Å². The summed E-state index contributed by atoms with van der Waals surface area (Å²) in [5, 5.41) is 11.8. The number of nitrogens with one attached hydrogen (secondary N) is 1. The maximum atomic E-state index is 12.6. The highest BCUT2D eigenvalue weighted by molar-refractivity contribution is 6.02. The van der Waals surface area contributed by atoms with Crippen LogP contribution in [-0.2, 0) is 6.73 Å². The number of anilines is 1. The van der Waals surface area contributed by atoms with Crippen LogP contribution < -0.4 is 10.1 Å². The summed E-state index contributed by atoms with van der Waals surface area (Å²) in [6, 6.07) is 13.5. The molecule has 7 nitrogen and oxygen atoms in total. The lowest BCUT2D eigenvalue weighted by Gasteiger charge is -2.14. The summed E-state index contributed by atoms with van der Waals surface area (Å²) in [6.45, 7) is 2.19. The van der Waals surface area contributed by atoms with E-state index in [0.717, 1.165) is 30.1 Å². The Hall–Kier alpha value is -3.09. The molecular weight excluding hydrogens is 342 g/mol. The number of benzene rings is 1. The summed E-state index contributed by atoms with van der Waals surface area (Å²) in [4.78, 5) is 12.6. The van der Waals surface area contributed by atoms with Crippen LogP contribution in [0.3, 0.4) is 0 Å². The molecule has 1 fully saturated rings. The Morgan fingerprint density at radius 1 is 1.19 bits per heavy atom. The van der Waals surface area contributed by atoms with Crippen molar-refractivity contribution >= 4 is 11.7 Å². The van der Waals surface area contributed by atoms with Gasteiger partial charge in [-0.15, -0.1) is 0 Å². The fourth-order valence-electron chi connectivity index (χ4n) is 3.43. The van der Waals surface area contributed by atoms with Gasteiger partial charge in [0.25, 0.3) is 5.91 Å². The fourth-order valence-corrected chi connectivity index (χ4v) is 3.43. The minimum absolute atomic E-state index is 0.243. The lowest BCUT2D eigenvalue weighted by Crippen LogP contribution is -2.18. The summed E-state index contributed by atoms with van der Waals surface area (Å²) in [5.74, 6) is 1.25. The molecule has 1 N–H and O–H groups in total. The molecule has 1 amide bonds. The maximum absolute atomic E-state index is 12.6. The van der Waals surface area contributed by atoms with Gasteiger partial charge in [0.2, 0.25) is 0 Å². The molecule has 2 heterocycles. The first kappa shape index (κ1) is 17.3. The number of carbonyl (C=O) groups is 1. The van der Waals surface area contributed by atoms with Gasteiger partial charge in [0.1, 0.15) is 11.6 Å². The predicted molar refractivity (Wildman–Crippen MR) is 102 cm³/mol. The van der Waals surface area contributed by atoms with Crippen LogP contribution in [0.4, 0.5) is 5.82 Å². The summed E-state index contributed by atoms with van der Waals surface area (Å²) < 4.78 is 9.20. The highest BCUT2D eigenvalue weighted by Gasteiger charge is 2.22. The molecule has 4 rings (SSSR count). The monoisotopic (exact) mass is 365 g/mol. The summed E-state index contributed by atoms with van der Waals surface area (Å²) in [6.07, 6.45) is 6.37. The Bertz CT molecular complexity index is 910. The highest BCUT2D eigenvalue weighted by Crippen LogP contribution is 2.31. The van der Waals surface area contributed by atoms with E-state index in [2.05, 4.69) is 15.5 Å². The topological polar surface area (TPSA) is 74.0 Å². The van der Waals surface area contributed by atoms with E-state index in [-0.39, 0.29) is 12.6 Å². The number of aryl methyl sites for hydroxylation is 1. The number of aromatic nitrogens is 4. The molecule has 1 aliphatic carbocycles. The molecule has 3 aromatic rings. The minimum Gasteiger partial charge on any atom is -0.471 e. The molecule has 0 saturated heterocycles. The summed E-state index contributed by atoms with van der Waals surface area (Å²) in [5.41, 5.74) is 1.25. The van der Waals surface area contributed by atoms with Crippen molar-refractivity contribution in [3.8, 4) is 5.75 Å². The van der Waals surface area contributed by atoms with Crippen LogP contribution >= 0.6 is 0 Å². The van der Waals surface area contributed by atoms with Gasteiger partial charge in [0.15, 0.2) is 12.4 Å². The number of hydrogen-bond donors (Lipinski definition) is 1. The number of hydrogen-bond acceptors (Lipinski definition) is 4. The fraction of sp³-hybridized carbons (Fsp3) is 0.350. The van der Waals surface area contributed by atoms with Crippen molar-refractivity contribution in [2.24, 2.45) is 0 Å². The molecular formula is C20H23N5O2. The Kier molecular flexibility index (Phi) is 4.91. The van der Waals surface area contributed by atoms with Gasteiger partial charge in [-0.1, -0.05) is 31.0 Å². The molecule has 27 heavy (non-hydrogen) atoms. The molecule has 7 heteroatoms. The minimum atomic E-state index is -0.243. The van der Waals surface area contributed by atoms with Gasteiger partial charge >= 0.3 is 0 Å². The second-order valence-corrected chi connectivity index (χ2v) is 6.83. The van der Waals surface area contributed by atoms with Gasteiger partial charge in [-0.3, -0.25) is 4.79 Å². The number of rotatable bonds is 6. The quantitative estimate of drug-likeness (QED) is 0.721. The van der Waals surface area contributed by atoms with Crippen molar-refractivity contribution in [1.29, 1.82) is 0 Å².